The maximum absolute atomic E-state index is 12.7. The highest BCUT2D eigenvalue weighted by atomic mass is 35.5. The van der Waals surface area contributed by atoms with E-state index in [4.69, 9.17) is 4.74 Å². The number of esters is 1. The topological polar surface area (TPSA) is 46.6 Å². The van der Waals surface area contributed by atoms with E-state index >= 15 is 0 Å². The molecule has 0 radical (unpaired) electrons. The highest BCUT2D eigenvalue weighted by Crippen LogP contribution is 2.14. The fourth-order valence-corrected chi connectivity index (χ4v) is 2.42. The molecule has 128 valence electrons. The molecule has 0 saturated heterocycles. The summed E-state index contributed by atoms with van der Waals surface area (Å²) < 4.78 is 4.69. The lowest BCUT2D eigenvalue weighted by atomic mass is 9.96. The molecule has 4 nitrogen and oxygen atoms in total. The molecule has 0 bridgehead atoms. The number of ketones is 1. The first-order valence-electron chi connectivity index (χ1n) is 7.46. The maximum Gasteiger partial charge on any atom is 0.337 e. The van der Waals surface area contributed by atoms with Gasteiger partial charge in [-0.25, -0.2) is 4.79 Å². The third-order valence-corrected chi connectivity index (χ3v) is 3.79. The van der Waals surface area contributed by atoms with Gasteiger partial charge in [-0.2, -0.15) is 0 Å². The van der Waals surface area contributed by atoms with Crippen molar-refractivity contribution in [3.8, 4) is 0 Å². The van der Waals surface area contributed by atoms with Gasteiger partial charge in [-0.15, -0.1) is 0 Å². The smallest absolute Gasteiger partial charge is 0.337 e. The van der Waals surface area contributed by atoms with E-state index in [1.165, 1.54) is 7.11 Å². The summed E-state index contributed by atoms with van der Waals surface area (Å²) in [6.45, 7) is 0. The summed E-state index contributed by atoms with van der Waals surface area (Å²) in [6.07, 6.45) is 0.585. The molecule has 2 aromatic carbocycles. The molecule has 1 atom stereocenters. The van der Waals surface area contributed by atoms with E-state index in [0.29, 0.717) is 17.5 Å². The molecule has 0 aliphatic carbocycles. The van der Waals surface area contributed by atoms with E-state index < -0.39 is 0 Å². The number of rotatable bonds is 6. The van der Waals surface area contributed by atoms with Crippen molar-refractivity contribution in [1.29, 1.82) is 0 Å². The van der Waals surface area contributed by atoms with Crippen LogP contribution in [0.5, 0.6) is 0 Å². The number of nitrogens with zero attached hydrogens (tertiary/aromatic N) is 1. The Hall–Kier alpha value is -2.17. The number of halogens is 1. The zero-order valence-electron chi connectivity index (χ0n) is 14.0. The van der Waals surface area contributed by atoms with Gasteiger partial charge in [0.05, 0.1) is 18.7 Å². The number of methoxy groups -OCH3 is 1. The van der Waals surface area contributed by atoms with Gasteiger partial charge in [-0.1, -0.05) is 42.5 Å². The van der Waals surface area contributed by atoms with Crippen molar-refractivity contribution in [2.75, 3.05) is 21.2 Å². The second kappa shape index (κ2) is 9.21. The van der Waals surface area contributed by atoms with Crippen molar-refractivity contribution in [1.82, 2.24) is 4.90 Å². The molecule has 0 heterocycles. The lowest BCUT2D eigenvalue weighted by Gasteiger charge is -2.23. The summed E-state index contributed by atoms with van der Waals surface area (Å²) in [5.41, 5.74) is 2.21. The number of carbonyl (C=O) groups excluding carboxylic acids is 2. The van der Waals surface area contributed by atoms with Gasteiger partial charge in [0.2, 0.25) is 0 Å². The minimum absolute atomic E-state index is 0. The third-order valence-electron chi connectivity index (χ3n) is 3.79. The van der Waals surface area contributed by atoms with Gasteiger partial charge in [0.15, 0.2) is 5.78 Å². The highest BCUT2D eigenvalue weighted by Gasteiger charge is 2.22. The van der Waals surface area contributed by atoms with E-state index in [1.807, 2.05) is 61.5 Å². The summed E-state index contributed by atoms with van der Waals surface area (Å²) in [4.78, 5) is 26.1. The van der Waals surface area contributed by atoms with Crippen LogP contribution in [0.4, 0.5) is 0 Å². The van der Waals surface area contributed by atoms with Gasteiger partial charge in [0, 0.05) is 5.56 Å². The molecule has 2 aromatic rings. The molecule has 0 spiro atoms. The van der Waals surface area contributed by atoms with E-state index in [0.717, 1.165) is 5.56 Å². The van der Waals surface area contributed by atoms with Crippen molar-refractivity contribution in [2.45, 2.75) is 12.5 Å². The molecule has 0 saturated carbocycles. The summed E-state index contributed by atoms with van der Waals surface area (Å²) in [6, 6.07) is 16.2. The molecule has 2 rings (SSSR count). The van der Waals surface area contributed by atoms with Crippen molar-refractivity contribution in [3.05, 3.63) is 71.3 Å². The summed E-state index contributed by atoms with van der Waals surface area (Å²) in [5.74, 6) is -0.270. The van der Waals surface area contributed by atoms with Crippen molar-refractivity contribution >= 4 is 11.8 Å². The molecule has 0 aliphatic heterocycles. The number of ether oxygens (including phenoxy) is 1. The number of carbonyl (C=O) groups is 2. The maximum atomic E-state index is 12.7. The predicted molar refractivity (Wildman–Crippen MR) is 89.7 cm³/mol. The van der Waals surface area contributed by atoms with Crippen LogP contribution in [0.3, 0.4) is 0 Å². The quantitative estimate of drug-likeness (QED) is 0.538. The van der Waals surface area contributed by atoms with E-state index in [-0.39, 0.29) is 30.2 Å². The monoisotopic (exact) mass is 346 g/mol. The van der Waals surface area contributed by atoms with Crippen LogP contribution in [0.2, 0.25) is 0 Å². The van der Waals surface area contributed by atoms with Crippen molar-refractivity contribution < 1.29 is 26.7 Å². The number of hydrogen-bond acceptors (Lipinski definition) is 4. The average molecular weight is 347 g/mol. The van der Waals surface area contributed by atoms with E-state index in [1.54, 1.807) is 12.1 Å². The second-order valence-corrected chi connectivity index (χ2v) is 5.60. The second-order valence-electron chi connectivity index (χ2n) is 5.60. The number of likely N-dealkylation sites (N-methyl/N-ethyl adjacent to an activating group) is 1. The largest absolute Gasteiger partial charge is 1.00 e. The average Bonchev–Trinajstić information content (AvgIpc) is 2.59. The first-order valence-corrected chi connectivity index (χ1v) is 7.46. The molecule has 24 heavy (non-hydrogen) atoms. The summed E-state index contributed by atoms with van der Waals surface area (Å²) in [7, 11) is 5.15. The van der Waals surface area contributed by atoms with Crippen LogP contribution in [-0.2, 0) is 11.2 Å². The van der Waals surface area contributed by atoms with Crippen molar-refractivity contribution in [3.63, 3.8) is 0 Å². The molecule has 0 aliphatic rings. The van der Waals surface area contributed by atoms with Gasteiger partial charge in [0.1, 0.15) is 0 Å². The molecule has 1 unspecified atom stereocenters. The van der Waals surface area contributed by atoms with Gasteiger partial charge in [-0.3, -0.25) is 9.69 Å². The van der Waals surface area contributed by atoms with Gasteiger partial charge >= 0.3 is 5.97 Å². The number of hydrogen-bond donors (Lipinski definition) is 0. The normalized spacial score (nSPS) is 11.5. The Labute approximate surface area is 148 Å². The van der Waals surface area contributed by atoms with Crippen LogP contribution >= 0.6 is 0 Å². The van der Waals surface area contributed by atoms with E-state index in [9.17, 15) is 9.59 Å². The first-order chi connectivity index (χ1) is 11.0. The Morgan fingerprint density at radius 1 is 0.958 bits per heavy atom. The fourth-order valence-electron chi connectivity index (χ4n) is 2.42. The molecule has 5 heteroatoms. The van der Waals surface area contributed by atoms with E-state index in [2.05, 4.69) is 0 Å². The molecule has 0 N–H and O–H groups in total. The van der Waals surface area contributed by atoms with Crippen molar-refractivity contribution in [2.24, 2.45) is 0 Å². The van der Waals surface area contributed by atoms with Crippen LogP contribution in [-0.4, -0.2) is 43.9 Å². The first kappa shape index (κ1) is 19.9. The minimum atomic E-state index is -0.360. The van der Waals surface area contributed by atoms with Crippen LogP contribution in [0.15, 0.2) is 54.6 Å². The van der Waals surface area contributed by atoms with Gasteiger partial charge < -0.3 is 17.1 Å². The Kier molecular flexibility index (Phi) is 7.62. The Morgan fingerprint density at radius 3 is 2.04 bits per heavy atom. The summed E-state index contributed by atoms with van der Waals surface area (Å²) in [5, 5.41) is 0. The van der Waals surface area contributed by atoms with Gasteiger partial charge in [-0.05, 0) is 38.2 Å². The molecule has 0 fully saturated rings. The fraction of sp³-hybridized carbons (Fsp3) is 0.263. The highest BCUT2D eigenvalue weighted by molar-refractivity contribution is 6.00. The van der Waals surface area contributed by atoms with Gasteiger partial charge in [0.25, 0.3) is 0 Å². The minimum Gasteiger partial charge on any atom is -1.00 e. The SMILES string of the molecule is COC(=O)c1ccc(CC(C(=O)c2ccccc2)N(C)C)cc1.[Cl-]. The Morgan fingerprint density at radius 2 is 1.54 bits per heavy atom. The Balaban J connectivity index is 0.00000288. The molecule has 0 aromatic heterocycles. The third kappa shape index (κ3) is 4.91. The molecule has 0 amide bonds. The number of benzene rings is 2. The lowest BCUT2D eigenvalue weighted by molar-refractivity contribution is -0.0000273. The lowest BCUT2D eigenvalue weighted by Crippen LogP contribution is -3.00. The molecular formula is C19H21ClNO3-. The number of Topliss-reactive ketones (excluding diaryl/α,β-unsaturated/α-hetero) is 1. The predicted octanol–water partition coefficient (Wildman–Crippen LogP) is -0.167. The van der Waals surface area contributed by atoms with Crippen LogP contribution in [0, 0.1) is 0 Å². The molecular weight excluding hydrogens is 326 g/mol. The zero-order chi connectivity index (χ0) is 16.8. The Bertz CT molecular complexity index is 669. The summed E-state index contributed by atoms with van der Waals surface area (Å²) >= 11 is 0. The zero-order valence-corrected chi connectivity index (χ0v) is 14.8. The van der Waals surface area contributed by atoms with Crippen LogP contribution in [0.25, 0.3) is 0 Å². The van der Waals surface area contributed by atoms with Crippen LogP contribution < -0.4 is 12.4 Å². The van der Waals surface area contributed by atoms with Crippen LogP contribution in [0.1, 0.15) is 26.3 Å². The standard InChI is InChI=1S/C19H21NO3.ClH/c1-20(2)17(18(21)15-7-5-4-6-8-15)13-14-9-11-16(12-10-14)19(22)23-3;/h4-12,17H,13H2,1-3H3;1H/p-1.